The highest BCUT2D eigenvalue weighted by Gasteiger charge is 2.14. The first-order valence-corrected chi connectivity index (χ1v) is 10.0. The average molecular weight is 394 g/mol. The first kappa shape index (κ1) is 19.4. The maximum absolute atomic E-state index is 13.1. The molecule has 2 aromatic heterocycles. The smallest absolute Gasteiger partial charge is 0.269 e. The molecule has 1 aliphatic rings. The quantitative estimate of drug-likeness (QED) is 0.574. The van der Waals surface area contributed by atoms with Gasteiger partial charge in [0, 0.05) is 6.54 Å². The highest BCUT2D eigenvalue weighted by atomic mass is 16.5. The molecule has 0 saturated carbocycles. The van der Waals surface area contributed by atoms with Gasteiger partial charge in [0.2, 0.25) is 0 Å². The van der Waals surface area contributed by atoms with Crippen molar-refractivity contribution in [3.8, 4) is 17.2 Å². The second-order valence-corrected chi connectivity index (χ2v) is 7.28. The number of pyridine rings is 1. The van der Waals surface area contributed by atoms with Gasteiger partial charge >= 0.3 is 0 Å². The van der Waals surface area contributed by atoms with Gasteiger partial charge in [-0.05, 0) is 63.5 Å². The van der Waals surface area contributed by atoms with Gasteiger partial charge < -0.3 is 14.4 Å². The lowest BCUT2D eigenvalue weighted by atomic mass is 10.2. The lowest BCUT2D eigenvalue weighted by Crippen LogP contribution is -2.23. The number of nitrogens with zero attached hydrogens (tertiary/aromatic N) is 4. The minimum atomic E-state index is -0.175. The molecule has 7 nitrogen and oxygen atoms in total. The molecular weight excluding hydrogens is 368 g/mol. The van der Waals surface area contributed by atoms with E-state index < -0.39 is 0 Å². The zero-order valence-corrected chi connectivity index (χ0v) is 16.9. The first-order valence-electron chi connectivity index (χ1n) is 10.0. The van der Waals surface area contributed by atoms with Gasteiger partial charge in [0.1, 0.15) is 17.0 Å². The van der Waals surface area contributed by atoms with Crippen molar-refractivity contribution in [3.05, 3.63) is 52.8 Å². The van der Waals surface area contributed by atoms with Gasteiger partial charge in [-0.25, -0.2) is 4.98 Å². The van der Waals surface area contributed by atoms with Crippen LogP contribution in [0.5, 0.6) is 11.5 Å². The molecule has 0 aliphatic carbocycles. The topological polar surface area (TPSA) is 69.5 Å². The Morgan fingerprint density at radius 1 is 1.10 bits per heavy atom. The number of aromatic nitrogens is 3. The van der Waals surface area contributed by atoms with E-state index in [0.29, 0.717) is 29.1 Å². The summed E-state index contributed by atoms with van der Waals surface area (Å²) in [6.45, 7) is 6.01. The lowest BCUT2D eigenvalue weighted by Gasteiger charge is -2.15. The second kappa shape index (κ2) is 8.61. The zero-order valence-electron chi connectivity index (χ0n) is 16.9. The molecule has 1 saturated heterocycles. The van der Waals surface area contributed by atoms with Crippen LogP contribution in [0.3, 0.4) is 0 Å². The van der Waals surface area contributed by atoms with E-state index in [1.807, 2.05) is 31.2 Å². The van der Waals surface area contributed by atoms with Crippen LogP contribution in [0.2, 0.25) is 0 Å². The number of likely N-dealkylation sites (tertiary alicyclic amines) is 1. The van der Waals surface area contributed by atoms with Gasteiger partial charge in [-0.3, -0.25) is 14.3 Å². The van der Waals surface area contributed by atoms with Crippen molar-refractivity contribution in [2.24, 2.45) is 0 Å². The van der Waals surface area contributed by atoms with Crippen LogP contribution in [0, 0.1) is 6.92 Å². The highest BCUT2D eigenvalue weighted by molar-refractivity contribution is 5.83. The summed E-state index contributed by atoms with van der Waals surface area (Å²) in [5, 5.41) is 0.426. The van der Waals surface area contributed by atoms with Crippen LogP contribution in [0.4, 0.5) is 0 Å². The number of rotatable bonds is 7. The Labute approximate surface area is 169 Å². The summed E-state index contributed by atoms with van der Waals surface area (Å²) in [5.41, 5.74) is 1.09. The van der Waals surface area contributed by atoms with Crippen LogP contribution in [0.1, 0.15) is 25.1 Å². The summed E-state index contributed by atoms with van der Waals surface area (Å²) in [6, 6.07) is 7.55. The Balaban J connectivity index is 1.51. The monoisotopic (exact) mass is 394 g/mol. The van der Waals surface area contributed by atoms with Crippen molar-refractivity contribution < 1.29 is 9.47 Å². The average Bonchev–Trinajstić information content (AvgIpc) is 3.25. The molecule has 7 heteroatoms. The molecule has 4 rings (SSSR count). The standard InChI is InChI=1S/C22H26N4O3/c1-16-24-19-14-23-15-20(28-2)21(19)22(27)26(16)17-6-8-18(9-7-17)29-13-5-12-25-10-3-4-11-25/h6-9,14-15H,3-5,10-13H2,1-2H3. The Kier molecular flexibility index (Phi) is 5.76. The molecule has 0 atom stereocenters. The van der Waals surface area contributed by atoms with E-state index in [1.165, 1.54) is 39.2 Å². The molecule has 1 aliphatic heterocycles. The molecule has 0 spiro atoms. The van der Waals surface area contributed by atoms with Crippen molar-refractivity contribution >= 4 is 10.9 Å². The molecule has 0 unspecified atom stereocenters. The molecule has 0 amide bonds. The van der Waals surface area contributed by atoms with Crippen LogP contribution in [-0.2, 0) is 0 Å². The minimum Gasteiger partial charge on any atom is -0.494 e. The summed E-state index contributed by atoms with van der Waals surface area (Å²) in [6.07, 6.45) is 6.75. The van der Waals surface area contributed by atoms with Gasteiger partial charge in [-0.15, -0.1) is 0 Å². The summed E-state index contributed by atoms with van der Waals surface area (Å²) in [4.78, 5) is 24.2. The summed E-state index contributed by atoms with van der Waals surface area (Å²) < 4.78 is 12.8. The van der Waals surface area contributed by atoms with E-state index in [0.717, 1.165) is 24.4 Å². The number of methoxy groups -OCH3 is 1. The number of aryl methyl sites for hydroxylation is 1. The number of hydrogen-bond acceptors (Lipinski definition) is 6. The van der Waals surface area contributed by atoms with Crippen LogP contribution in [0.15, 0.2) is 41.5 Å². The fraction of sp³-hybridized carbons (Fsp3) is 0.409. The van der Waals surface area contributed by atoms with Gasteiger partial charge in [0.05, 0.1) is 37.3 Å². The van der Waals surface area contributed by atoms with E-state index in [4.69, 9.17) is 9.47 Å². The van der Waals surface area contributed by atoms with Gasteiger partial charge in [0.15, 0.2) is 5.75 Å². The van der Waals surface area contributed by atoms with Crippen LogP contribution < -0.4 is 15.0 Å². The third kappa shape index (κ3) is 4.10. The van der Waals surface area contributed by atoms with E-state index in [9.17, 15) is 4.79 Å². The van der Waals surface area contributed by atoms with Crippen molar-refractivity contribution in [2.45, 2.75) is 26.2 Å². The Bertz CT molecular complexity index is 1040. The third-order valence-corrected chi connectivity index (χ3v) is 5.31. The number of ether oxygens (including phenoxy) is 2. The van der Waals surface area contributed by atoms with E-state index in [2.05, 4.69) is 14.9 Å². The van der Waals surface area contributed by atoms with Crippen LogP contribution in [-0.4, -0.2) is 52.8 Å². The molecule has 1 fully saturated rings. The Morgan fingerprint density at radius 2 is 1.86 bits per heavy atom. The van der Waals surface area contributed by atoms with Gasteiger partial charge in [-0.1, -0.05) is 0 Å². The van der Waals surface area contributed by atoms with E-state index >= 15 is 0 Å². The normalized spacial score (nSPS) is 14.4. The predicted molar refractivity (Wildman–Crippen MR) is 112 cm³/mol. The molecule has 1 aromatic carbocycles. The molecular formula is C22H26N4O3. The fourth-order valence-corrected chi connectivity index (χ4v) is 3.85. The van der Waals surface area contributed by atoms with E-state index in [-0.39, 0.29) is 5.56 Å². The first-order chi connectivity index (χ1) is 14.2. The zero-order chi connectivity index (χ0) is 20.2. The van der Waals surface area contributed by atoms with Crippen molar-refractivity contribution in [3.63, 3.8) is 0 Å². The van der Waals surface area contributed by atoms with E-state index in [1.54, 1.807) is 10.8 Å². The number of fused-ring (bicyclic) bond motifs is 1. The fourth-order valence-electron chi connectivity index (χ4n) is 3.85. The molecule has 0 radical (unpaired) electrons. The highest BCUT2D eigenvalue weighted by Crippen LogP contribution is 2.21. The van der Waals surface area contributed by atoms with Gasteiger partial charge in [-0.2, -0.15) is 0 Å². The van der Waals surface area contributed by atoms with Crippen molar-refractivity contribution in [1.82, 2.24) is 19.4 Å². The van der Waals surface area contributed by atoms with Gasteiger partial charge in [0.25, 0.3) is 5.56 Å². The summed E-state index contributed by atoms with van der Waals surface area (Å²) in [5.74, 6) is 1.82. The van der Waals surface area contributed by atoms with Crippen molar-refractivity contribution in [2.75, 3.05) is 33.4 Å². The van der Waals surface area contributed by atoms with Crippen molar-refractivity contribution in [1.29, 1.82) is 0 Å². The molecule has 0 N–H and O–H groups in total. The number of hydrogen-bond donors (Lipinski definition) is 0. The predicted octanol–water partition coefficient (Wildman–Crippen LogP) is 2.96. The maximum atomic E-state index is 13.1. The second-order valence-electron chi connectivity index (χ2n) is 7.28. The van der Waals surface area contributed by atoms with Crippen LogP contribution >= 0.6 is 0 Å². The lowest BCUT2D eigenvalue weighted by molar-refractivity contribution is 0.263. The Morgan fingerprint density at radius 3 is 2.59 bits per heavy atom. The molecule has 0 bridgehead atoms. The molecule has 152 valence electrons. The molecule has 29 heavy (non-hydrogen) atoms. The van der Waals surface area contributed by atoms with Crippen LogP contribution in [0.25, 0.3) is 16.6 Å². The molecule has 3 aromatic rings. The number of benzene rings is 1. The minimum absolute atomic E-state index is 0.175. The third-order valence-electron chi connectivity index (χ3n) is 5.31. The Hall–Kier alpha value is -2.93. The summed E-state index contributed by atoms with van der Waals surface area (Å²) in [7, 11) is 1.52. The largest absolute Gasteiger partial charge is 0.494 e. The SMILES string of the molecule is COc1cncc2nc(C)n(-c3ccc(OCCCN4CCCC4)cc3)c(=O)c12. The maximum Gasteiger partial charge on any atom is 0.269 e. The molecule has 3 heterocycles. The summed E-state index contributed by atoms with van der Waals surface area (Å²) >= 11 is 0.